The lowest BCUT2D eigenvalue weighted by atomic mass is 10.00. The molecule has 1 amide bonds. The van der Waals surface area contributed by atoms with E-state index in [2.05, 4.69) is 12.1 Å². The number of benzene rings is 1. The Labute approximate surface area is 158 Å². The van der Waals surface area contributed by atoms with E-state index in [0.29, 0.717) is 23.2 Å². The molecule has 144 valence electrons. The molecule has 0 unspecified atom stereocenters. The summed E-state index contributed by atoms with van der Waals surface area (Å²) in [7, 11) is 0. The summed E-state index contributed by atoms with van der Waals surface area (Å²) in [6, 6.07) is 7.76. The average molecular weight is 372 g/mol. The molecule has 1 saturated heterocycles. The molecule has 0 aliphatic carbocycles. The average Bonchev–Trinajstić information content (AvgIpc) is 3.36. The van der Waals surface area contributed by atoms with Crippen molar-refractivity contribution in [2.24, 2.45) is 0 Å². The predicted molar refractivity (Wildman–Crippen MR) is 97.4 cm³/mol. The van der Waals surface area contributed by atoms with Crippen LogP contribution in [-0.4, -0.2) is 42.0 Å². The summed E-state index contributed by atoms with van der Waals surface area (Å²) in [5.74, 6) is 2.10. The molecule has 1 fully saturated rings. The van der Waals surface area contributed by atoms with Crippen LogP contribution in [0.5, 0.6) is 11.5 Å². The van der Waals surface area contributed by atoms with Gasteiger partial charge in [-0.15, -0.1) is 0 Å². The summed E-state index contributed by atoms with van der Waals surface area (Å²) in [5, 5.41) is 4.03. The standard InChI is InChI=1S/C20H24N2O5/c1-2-16-5-3-4-8-22(16)20(23)12-24-11-15-10-18(27-21-15)14-6-7-17-19(9-14)26-13-25-17/h6-7,9-10,16H,2-5,8,11-13H2,1H3/t16-/m0/s1. The van der Waals surface area contributed by atoms with Crippen LogP contribution in [0, 0.1) is 0 Å². The molecule has 0 spiro atoms. The molecule has 7 heteroatoms. The van der Waals surface area contributed by atoms with E-state index in [4.69, 9.17) is 18.7 Å². The Hall–Kier alpha value is -2.54. The Morgan fingerprint density at radius 1 is 1.26 bits per heavy atom. The molecule has 0 N–H and O–H groups in total. The van der Waals surface area contributed by atoms with Gasteiger partial charge in [-0.3, -0.25) is 4.79 Å². The van der Waals surface area contributed by atoms with Gasteiger partial charge in [0.05, 0.1) is 6.61 Å². The van der Waals surface area contributed by atoms with Gasteiger partial charge >= 0.3 is 0 Å². The molecule has 0 bridgehead atoms. The van der Waals surface area contributed by atoms with Crippen LogP contribution in [0.1, 0.15) is 38.3 Å². The van der Waals surface area contributed by atoms with Gasteiger partial charge in [0, 0.05) is 24.2 Å². The van der Waals surface area contributed by atoms with Gasteiger partial charge in [-0.25, -0.2) is 0 Å². The molecule has 4 rings (SSSR count). The first-order valence-electron chi connectivity index (χ1n) is 9.47. The van der Waals surface area contributed by atoms with Crippen molar-refractivity contribution in [3.8, 4) is 22.8 Å². The van der Waals surface area contributed by atoms with E-state index in [1.165, 1.54) is 6.42 Å². The van der Waals surface area contributed by atoms with Crippen LogP contribution in [-0.2, 0) is 16.1 Å². The molecule has 2 aliphatic heterocycles. The maximum atomic E-state index is 12.4. The van der Waals surface area contributed by atoms with Crippen molar-refractivity contribution < 1.29 is 23.5 Å². The first-order valence-corrected chi connectivity index (χ1v) is 9.47. The fourth-order valence-corrected chi connectivity index (χ4v) is 3.64. The monoisotopic (exact) mass is 372 g/mol. The number of aromatic nitrogens is 1. The van der Waals surface area contributed by atoms with Crippen LogP contribution in [0.3, 0.4) is 0 Å². The minimum Gasteiger partial charge on any atom is -0.454 e. The van der Waals surface area contributed by atoms with Crippen molar-refractivity contribution in [2.45, 2.75) is 45.3 Å². The Kier molecular flexibility index (Phi) is 5.29. The molecule has 7 nitrogen and oxygen atoms in total. The molecular weight excluding hydrogens is 348 g/mol. The fourth-order valence-electron chi connectivity index (χ4n) is 3.64. The molecule has 27 heavy (non-hydrogen) atoms. The number of piperidine rings is 1. The second-order valence-corrected chi connectivity index (χ2v) is 6.89. The molecule has 1 atom stereocenters. The van der Waals surface area contributed by atoms with Crippen LogP contribution < -0.4 is 9.47 Å². The largest absolute Gasteiger partial charge is 0.454 e. The summed E-state index contributed by atoms with van der Waals surface area (Å²) >= 11 is 0. The normalized spacial score (nSPS) is 18.7. The zero-order valence-corrected chi connectivity index (χ0v) is 15.5. The van der Waals surface area contributed by atoms with E-state index in [1.54, 1.807) is 0 Å². The molecule has 1 aromatic heterocycles. The Morgan fingerprint density at radius 3 is 3.04 bits per heavy atom. The van der Waals surface area contributed by atoms with Gasteiger partial charge in [0.1, 0.15) is 12.3 Å². The van der Waals surface area contributed by atoms with Gasteiger partial charge in [-0.05, 0) is 43.9 Å². The highest BCUT2D eigenvalue weighted by molar-refractivity contribution is 5.77. The third-order valence-electron chi connectivity index (χ3n) is 5.11. The van der Waals surface area contributed by atoms with Crippen molar-refractivity contribution in [1.29, 1.82) is 0 Å². The van der Waals surface area contributed by atoms with E-state index in [9.17, 15) is 4.79 Å². The van der Waals surface area contributed by atoms with Crippen molar-refractivity contribution in [3.05, 3.63) is 30.0 Å². The zero-order valence-electron chi connectivity index (χ0n) is 15.5. The third-order valence-corrected chi connectivity index (χ3v) is 5.11. The van der Waals surface area contributed by atoms with Crippen LogP contribution in [0.25, 0.3) is 11.3 Å². The van der Waals surface area contributed by atoms with E-state index in [-0.39, 0.29) is 25.9 Å². The smallest absolute Gasteiger partial charge is 0.248 e. The lowest BCUT2D eigenvalue weighted by Gasteiger charge is -2.35. The molecular formula is C20H24N2O5. The van der Waals surface area contributed by atoms with Gasteiger partial charge in [0.2, 0.25) is 12.7 Å². The summed E-state index contributed by atoms with van der Waals surface area (Å²) in [6.07, 6.45) is 4.35. The van der Waals surface area contributed by atoms with Gasteiger partial charge in [0.15, 0.2) is 17.3 Å². The number of carbonyl (C=O) groups is 1. The van der Waals surface area contributed by atoms with Gasteiger partial charge in [0.25, 0.3) is 0 Å². The maximum Gasteiger partial charge on any atom is 0.248 e. The number of likely N-dealkylation sites (tertiary alicyclic amines) is 1. The van der Waals surface area contributed by atoms with E-state index in [0.717, 1.165) is 37.1 Å². The van der Waals surface area contributed by atoms with Crippen LogP contribution >= 0.6 is 0 Å². The summed E-state index contributed by atoms with van der Waals surface area (Å²) < 4.78 is 21.7. The number of rotatable bonds is 6. The number of nitrogens with zero attached hydrogens (tertiary/aromatic N) is 2. The van der Waals surface area contributed by atoms with E-state index in [1.807, 2.05) is 29.2 Å². The number of amides is 1. The van der Waals surface area contributed by atoms with Crippen molar-refractivity contribution in [3.63, 3.8) is 0 Å². The SMILES string of the molecule is CC[C@H]1CCCCN1C(=O)COCc1cc(-c2ccc3c(c2)OCO3)on1. The zero-order chi connectivity index (χ0) is 18.6. The summed E-state index contributed by atoms with van der Waals surface area (Å²) in [6.45, 7) is 3.51. The topological polar surface area (TPSA) is 74.0 Å². The number of fused-ring (bicyclic) bond motifs is 1. The molecule has 0 saturated carbocycles. The van der Waals surface area contributed by atoms with Gasteiger partial charge in [-0.1, -0.05) is 12.1 Å². The van der Waals surface area contributed by atoms with Gasteiger partial charge in [-0.2, -0.15) is 0 Å². The Balaban J connectivity index is 1.31. The van der Waals surface area contributed by atoms with Crippen molar-refractivity contribution in [1.82, 2.24) is 10.1 Å². The van der Waals surface area contributed by atoms with Crippen molar-refractivity contribution in [2.75, 3.05) is 19.9 Å². The minimum absolute atomic E-state index is 0.0565. The van der Waals surface area contributed by atoms with E-state index >= 15 is 0 Å². The lowest BCUT2D eigenvalue weighted by molar-refractivity contribution is -0.140. The predicted octanol–water partition coefficient (Wildman–Crippen LogP) is 3.38. The highest BCUT2D eigenvalue weighted by Crippen LogP contribution is 2.36. The minimum atomic E-state index is 0.0565. The summed E-state index contributed by atoms with van der Waals surface area (Å²) in [4.78, 5) is 14.4. The fraction of sp³-hybridized carbons (Fsp3) is 0.500. The number of hydrogen-bond acceptors (Lipinski definition) is 6. The third kappa shape index (κ3) is 3.93. The second-order valence-electron chi connectivity index (χ2n) is 6.89. The second kappa shape index (κ2) is 8.00. The molecule has 2 aliphatic rings. The molecule has 0 radical (unpaired) electrons. The first kappa shape index (κ1) is 17.9. The molecule has 3 heterocycles. The van der Waals surface area contributed by atoms with Crippen LogP contribution in [0.15, 0.2) is 28.8 Å². The highest BCUT2D eigenvalue weighted by atomic mass is 16.7. The Bertz CT molecular complexity index is 803. The lowest BCUT2D eigenvalue weighted by Crippen LogP contribution is -2.45. The van der Waals surface area contributed by atoms with Crippen LogP contribution in [0.4, 0.5) is 0 Å². The number of carbonyl (C=O) groups excluding carboxylic acids is 1. The highest BCUT2D eigenvalue weighted by Gasteiger charge is 2.25. The molecule has 2 aromatic rings. The quantitative estimate of drug-likeness (QED) is 0.774. The Morgan fingerprint density at radius 2 is 2.15 bits per heavy atom. The number of ether oxygens (including phenoxy) is 3. The maximum absolute atomic E-state index is 12.4. The number of hydrogen-bond donors (Lipinski definition) is 0. The van der Waals surface area contributed by atoms with Crippen molar-refractivity contribution >= 4 is 5.91 Å². The van der Waals surface area contributed by atoms with Gasteiger partial charge < -0.3 is 23.6 Å². The molecule has 1 aromatic carbocycles. The van der Waals surface area contributed by atoms with E-state index < -0.39 is 0 Å². The van der Waals surface area contributed by atoms with Crippen LogP contribution in [0.2, 0.25) is 0 Å². The first-order chi connectivity index (χ1) is 13.2. The summed E-state index contributed by atoms with van der Waals surface area (Å²) in [5.41, 5.74) is 1.51.